The van der Waals surface area contributed by atoms with Crippen LogP contribution in [0.25, 0.3) is 0 Å². The van der Waals surface area contributed by atoms with Crippen molar-refractivity contribution in [1.29, 1.82) is 0 Å². The van der Waals surface area contributed by atoms with Gasteiger partial charge >= 0.3 is 0 Å². The summed E-state index contributed by atoms with van der Waals surface area (Å²) in [5, 5.41) is 3.43. The predicted molar refractivity (Wildman–Crippen MR) is 129 cm³/mol. The third-order valence-electron chi connectivity index (χ3n) is 4.55. The van der Waals surface area contributed by atoms with Crippen molar-refractivity contribution in [2.45, 2.75) is 19.4 Å². The van der Waals surface area contributed by atoms with Crippen molar-refractivity contribution in [3.05, 3.63) is 53.6 Å². The molecule has 0 aliphatic carbocycles. The minimum absolute atomic E-state index is 0. The monoisotopic (exact) mass is 513 g/mol. The summed E-state index contributed by atoms with van der Waals surface area (Å²) in [4.78, 5) is 6.48. The maximum Gasteiger partial charge on any atom is 0.193 e. The lowest BCUT2D eigenvalue weighted by Gasteiger charge is -2.23. The molecule has 7 heteroatoms. The Kier molecular flexibility index (Phi) is 11.3. The summed E-state index contributed by atoms with van der Waals surface area (Å²) in [6.45, 7) is 1.55. The number of hydrogen-bond acceptors (Lipinski definition) is 4. The fourth-order valence-corrected chi connectivity index (χ4v) is 3.08. The van der Waals surface area contributed by atoms with Crippen molar-refractivity contribution >= 4 is 29.9 Å². The van der Waals surface area contributed by atoms with Crippen LogP contribution in [0.2, 0.25) is 0 Å². The lowest BCUT2D eigenvalue weighted by atomic mass is 10.1. The smallest absolute Gasteiger partial charge is 0.193 e. The second kappa shape index (κ2) is 13.1. The van der Waals surface area contributed by atoms with E-state index in [4.69, 9.17) is 14.2 Å². The molecule has 0 unspecified atom stereocenters. The average Bonchev–Trinajstić information content (AvgIpc) is 2.73. The van der Waals surface area contributed by atoms with Crippen molar-refractivity contribution in [2.24, 2.45) is 4.99 Å². The number of nitrogens with zero attached hydrogens (tertiary/aromatic N) is 2. The second-order valence-electron chi connectivity index (χ2n) is 6.43. The topological polar surface area (TPSA) is 55.3 Å². The maximum absolute atomic E-state index is 5.44. The number of hydrogen-bond donors (Lipinski definition) is 1. The highest BCUT2D eigenvalue weighted by Gasteiger charge is 2.10. The third-order valence-corrected chi connectivity index (χ3v) is 4.55. The van der Waals surface area contributed by atoms with Gasteiger partial charge in [0.15, 0.2) is 17.5 Å². The lowest BCUT2D eigenvalue weighted by Crippen LogP contribution is -2.39. The highest BCUT2D eigenvalue weighted by atomic mass is 127. The van der Waals surface area contributed by atoms with Crippen LogP contribution >= 0.6 is 24.0 Å². The van der Waals surface area contributed by atoms with E-state index in [1.54, 1.807) is 28.4 Å². The van der Waals surface area contributed by atoms with Crippen LogP contribution in [0.15, 0.2) is 47.5 Å². The lowest BCUT2D eigenvalue weighted by molar-refractivity contribution is 0.354. The van der Waals surface area contributed by atoms with Gasteiger partial charge in [-0.1, -0.05) is 24.3 Å². The van der Waals surface area contributed by atoms with Crippen molar-refractivity contribution < 1.29 is 14.2 Å². The molecule has 29 heavy (non-hydrogen) atoms. The standard InChI is InChI=1S/C22H31N3O3.HI/c1-23-22(25(2)16-18-10-6-7-11-19(18)26-3)24-14-8-9-17-12-13-20(27-4)21(15-17)28-5;/h6-7,10-13,15H,8-9,14,16H2,1-5H3,(H,23,24);1H. The van der Waals surface area contributed by atoms with Crippen LogP contribution in [0.3, 0.4) is 0 Å². The third kappa shape index (κ3) is 7.30. The summed E-state index contributed by atoms with van der Waals surface area (Å²) in [5.74, 6) is 3.26. The van der Waals surface area contributed by atoms with E-state index in [1.807, 2.05) is 37.4 Å². The second-order valence-corrected chi connectivity index (χ2v) is 6.43. The minimum Gasteiger partial charge on any atom is -0.496 e. The molecule has 0 aliphatic rings. The van der Waals surface area contributed by atoms with Gasteiger partial charge in [-0.15, -0.1) is 24.0 Å². The summed E-state index contributed by atoms with van der Waals surface area (Å²) in [5.41, 5.74) is 2.34. The molecule has 0 saturated heterocycles. The minimum atomic E-state index is 0. The largest absolute Gasteiger partial charge is 0.496 e. The van der Waals surface area contributed by atoms with Gasteiger partial charge < -0.3 is 24.4 Å². The van der Waals surface area contributed by atoms with Crippen LogP contribution in [0.4, 0.5) is 0 Å². The van der Waals surface area contributed by atoms with Crippen molar-refractivity contribution in [2.75, 3.05) is 42.0 Å². The molecular formula is C22H32IN3O3. The molecule has 2 aromatic carbocycles. The molecule has 0 saturated carbocycles. The van der Waals surface area contributed by atoms with Gasteiger partial charge in [-0.2, -0.15) is 0 Å². The van der Waals surface area contributed by atoms with Gasteiger partial charge in [0.05, 0.1) is 21.3 Å². The van der Waals surface area contributed by atoms with Crippen LogP contribution in [0.1, 0.15) is 17.5 Å². The van der Waals surface area contributed by atoms with Gasteiger partial charge in [0.25, 0.3) is 0 Å². The van der Waals surface area contributed by atoms with E-state index in [9.17, 15) is 0 Å². The first-order chi connectivity index (χ1) is 13.6. The Morgan fingerprint density at radius 3 is 2.31 bits per heavy atom. The molecule has 0 spiro atoms. The molecule has 2 rings (SSSR count). The molecule has 0 bridgehead atoms. The molecule has 0 radical (unpaired) electrons. The van der Waals surface area contributed by atoms with Crippen LogP contribution in [-0.2, 0) is 13.0 Å². The fraction of sp³-hybridized carbons (Fsp3) is 0.409. The van der Waals surface area contributed by atoms with Crippen molar-refractivity contribution in [3.8, 4) is 17.2 Å². The molecule has 160 valence electrons. The molecule has 0 aliphatic heterocycles. The zero-order valence-electron chi connectivity index (χ0n) is 17.9. The quantitative estimate of drug-likeness (QED) is 0.238. The Labute approximate surface area is 191 Å². The highest BCUT2D eigenvalue weighted by molar-refractivity contribution is 14.0. The number of nitrogens with one attached hydrogen (secondary N) is 1. The first kappa shape index (κ1) is 24.9. The number of guanidine groups is 1. The number of aryl methyl sites for hydroxylation is 1. The van der Waals surface area contributed by atoms with Gasteiger partial charge in [-0.3, -0.25) is 4.99 Å². The number of aliphatic imine (C=N–C) groups is 1. The summed E-state index contributed by atoms with van der Waals surface area (Å²) < 4.78 is 16.1. The molecule has 1 N–H and O–H groups in total. The SMILES string of the molecule is CN=C(NCCCc1ccc(OC)c(OC)c1)N(C)Cc1ccccc1OC.I. The average molecular weight is 513 g/mol. The van der Waals surface area contributed by atoms with Crippen LogP contribution in [-0.4, -0.2) is 52.8 Å². The Bertz CT molecular complexity index is 784. The Morgan fingerprint density at radius 1 is 0.966 bits per heavy atom. The van der Waals surface area contributed by atoms with E-state index in [1.165, 1.54) is 5.56 Å². The molecule has 0 atom stereocenters. The van der Waals surface area contributed by atoms with Crippen LogP contribution in [0.5, 0.6) is 17.2 Å². The van der Waals surface area contributed by atoms with Crippen LogP contribution in [0, 0.1) is 0 Å². The molecule has 0 amide bonds. The van der Waals surface area contributed by atoms with E-state index in [0.717, 1.165) is 54.7 Å². The number of halogens is 1. The maximum atomic E-state index is 5.44. The highest BCUT2D eigenvalue weighted by Crippen LogP contribution is 2.27. The summed E-state index contributed by atoms with van der Waals surface area (Å²) in [6, 6.07) is 14.1. The molecule has 0 fully saturated rings. The Hall–Kier alpha value is -2.16. The van der Waals surface area contributed by atoms with Gasteiger partial charge in [0.1, 0.15) is 5.75 Å². The van der Waals surface area contributed by atoms with Crippen molar-refractivity contribution in [1.82, 2.24) is 10.2 Å². The number of methoxy groups -OCH3 is 3. The number of rotatable bonds is 9. The summed E-state index contributed by atoms with van der Waals surface area (Å²) in [7, 11) is 8.82. The Balaban J connectivity index is 0.00000420. The molecular weight excluding hydrogens is 481 g/mol. The van der Waals surface area contributed by atoms with E-state index in [0.29, 0.717) is 0 Å². The molecule has 2 aromatic rings. The number of benzene rings is 2. The van der Waals surface area contributed by atoms with E-state index in [-0.39, 0.29) is 24.0 Å². The van der Waals surface area contributed by atoms with Crippen molar-refractivity contribution in [3.63, 3.8) is 0 Å². The predicted octanol–water partition coefficient (Wildman–Crippen LogP) is 3.97. The first-order valence-corrected chi connectivity index (χ1v) is 9.37. The molecule has 6 nitrogen and oxygen atoms in total. The van der Waals surface area contributed by atoms with Gasteiger partial charge in [0, 0.05) is 32.7 Å². The van der Waals surface area contributed by atoms with Gasteiger partial charge in [-0.05, 0) is 36.6 Å². The van der Waals surface area contributed by atoms with E-state index >= 15 is 0 Å². The fourth-order valence-electron chi connectivity index (χ4n) is 3.08. The first-order valence-electron chi connectivity index (χ1n) is 9.37. The van der Waals surface area contributed by atoms with Gasteiger partial charge in [0.2, 0.25) is 0 Å². The van der Waals surface area contributed by atoms with Gasteiger partial charge in [-0.25, -0.2) is 0 Å². The Morgan fingerprint density at radius 2 is 1.66 bits per heavy atom. The zero-order chi connectivity index (χ0) is 20.4. The van der Waals surface area contributed by atoms with E-state index < -0.39 is 0 Å². The summed E-state index contributed by atoms with van der Waals surface area (Å²) >= 11 is 0. The molecule has 0 heterocycles. The number of para-hydroxylation sites is 1. The van der Waals surface area contributed by atoms with Crippen LogP contribution < -0.4 is 19.5 Å². The summed E-state index contributed by atoms with van der Waals surface area (Å²) in [6.07, 6.45) is 1.93. The molecule has 0 aromatic heterocycles. The zero-order valence-corrected chi connectivity index (χ0v) is 20.2. The van der Waals surface area contributed by atoms with E-state index in [2.05, 4.69) is 27.3 Å². The normalized spacial score (nSPS) is 10.7. The number of ether oxygens (including phenoxy) is 3.